The highest BCUT2D eigenvalue weighted by Crippen LogP contribution is 2.21. The third-order valence-electron chi connectivity index (χ3n) is 4.40. The van der Waals surface area contributed by atoms with E-state index in [0.29, 0.717) is 12.1 Å². The Balaban J connectivity index is 2.75. The lowest BCUT2D eigenvalue weighted by Gasteiger charge is -2.27. The summed E-state index contributed by atoms with van der Waals surface area (Å²) < 4.78 is 0. The van der Waals surface area contributed by atoms with E-state index in [1.807, 2.05) is 0 Å². The normalized spacial score (nSPS) is 14.4. The third-order valence-corrected chi connectivity index (χ3v) is 4.40. The summed E-state index contributed by atoms with van der Waals surface area (Å²) in [6.07, 6.45) is 3.57. The van der Waals surface area contributed by atoms with Crippen LogP contribution in [0.5, 0.6) is 0 Å². The molecule has 0 aromatic heterocycles. The Hall–Kier alpha value is -0.860. The molecule has 0 aliphatic rings. The predicted molar refractivity (Wildman–Crippen MR) is 94.0 cm³/mol. The van der Waals surface area contributed by atoms with Gasteiger partial charge >= 0.3 is 0 Å². The molecule has 1 N–H and O–H groups in total. The van der Waals surface area contributed by atoms with E-state index >= 15 is 0 Å². The molecule has 2 unspecified atom stereocenters. The monoisotopic (exact) mass is 290 g/mol. The molecule has 2 heteroatoms. The average Bonchev–Trinajstić information content (AvgIpc) is 2.45. The van der Waals surface area contributed by atoms with Crippen molar-refractivity contribution in [3.8, 4) is 0 Å². The number of rotatable bonds is 9. The van der Waals surface area contributed by atoms with Crippen molar-refractivity contribution < 1.29 is 0 Å². The van der Waals surface area contributed by atoms with Gasteiger partial charge in [-0.2, -0.15) is 0 Å². The van der Waals surface area contributed by atoms with Crippen LogP contribution in [0.15, 0.2) is 18.2 Å². The van der Waals surface area contributed by atoms with Gasteiger partial charge in [0.2, 0.25) is 0 Å². The number of hydrogen-bond donors (Lipinski definition) is 1. The van der Waals surface area contributed by atoms with Gasteiger partial charge < -0.3 is 10.2 Å². The molecule has 0 fully saturated rings. The van der Waals surface area contributed by atoms with Crippen molar-refractivity contribution in [1.29, 1.82) is 0 Å². The predicted octanol–water partition coefficient (Wildman–Crippen LogP) is 4.46. The van der Waals surface area contributed by atoms with Gasteiger partial charge in [-0.15, -0.1) is 0 Å². The minimum absolute atomic E-state index is 0.468. The van der Waals surface area contributed by atoms with Crippen LogP contribution in [0.25, 0.3) is 0 Å². The molecule has 0 amide bonds. The molecule has 0 aliphatic carbocycles. The summed E-state index contributed by atoms with van der Waals surface area (Å²) in [4.78, 5) is 2.48. The van der Waals surface area contributed by atoms with Crippen LogP contribution in [-0.2, 0) is 0 Å². The molecule has 120 valence electrons. The maximum absolute atomic E-state index is 3.73. The maximum atomic E-state index is 3.73. The smallest absolute Gasteiger partial charge is 0.0332 e. The Bertz CT molecular complexity index is 394. The lowest BCUT2D eigenvalue weighted by Crippen LogP contribution is -2.32. The molecular formula is C19H34N2. The van der Waals surface area contributed by atoms with Crippen LogP contribution in [0.4, 0.5) is 0 Å². The first-order chi connectivity index (χ1) is 9.97. The first kappa shape index (κ1) is 18.2. The van der Waals surface area contributed by atoms with Crippen LogP contribution in [0.1, 0.15) is 62.8 Å². The first-order valence-corrected chi connectivity index (χ1v) is 8.49. The van der Waals surface area contributed by atoms with Crippen molar-refractivity contribution in [2.24, 2.45) is 0 Å². The Morgan fingerprint density at radius 3 is 2.24 bits per heavy atom. The van der Waals surface area contributed by atoms with Gasteiger partial charge in [0.05, 0.1) is 0 Å². The fraction of sp³-hybridized carbons (Fsp3) is 0.684. The molecule has 0 saturated carbocycles. The van der Waals surface area contributed by atoms with Gasteiger partial charge in [0.1, 0.15) is 0 Å². The largest absolute Gasteiger partial charge is 0.310 e. The lowest BCUT2D eigenvalue weighted by molar-refractivity contribution is 0.237. The van der Waals surface area contributed by atoms with Crippen molar-refractivity contribution in [3.63, 3.8) is 0 Å². The quantitative estimate of drug-likeness (QED) is 0.722. The molecule has 0 aliphatic heterocycles. The van der Waals surface area contributed by atoms with E-state index in [0.717, 1.165) is 13.1 Å². The van der Waals surface area contributed by atoms with E-state index in [2.05, 4.69) is 70.1 Å². The van der Waals surface area contributed by atoms with Crippen molar-refractivity contribution in [2.45, 2.75) is 66.0 Å². The van der Waals surface area contributed by atoms with Gasteiger partial charge in [-0.3, -0.25) is 0 Å². The average molecular weight is 290 g/mol. The summed E-state index contributed by atoms with van der Waals surface area (Å²) in [7, 11) is 2.24. The van der Waals surface area contributed by atoms with Gasteiger partial charge in [0, 0.05) is 12.1 Å². The number of nitrogens with zero attached hydrogens (tertiary/aromatic N) is 1. The molecule has 0 spiro atoms. The Morgan fingerprint density at radius 1 is 1.10 bits per heavy atom. The molecular weight excluding hydrogens is 256 g/mol. The van der Waals surface area contributed by atoms with Gasteiger partial charge in [-0.1, -0.05) is 43.2 Å². The zero-order valence-electron chi connectivity index (χ0n) is 14.9. The minimum Gasteiger partial charge on any atom is -0.310 e. The van der Waals surface area contributed by atoms with Crippen LogP contribution >= 0.6 is 0 Å². The second kappa shape index (κ2) is 9.22. The summed E-state index contributed by atoms with van der Waals surface area (Å²) >= 11 is 0. The van der Waals surface area contributed by atoms with Crippen molar-refractivity contribution in [1.82, 2.24) is 10.2 Å². The maximum Gasteiger partial charge on any atom is 0.0332 e. The molecule has 0 heterocycles. The highest BCUT2D eigenvalue weighted by atomic mass is 15.1. The zero-order chi connectivity index (χ0) is 15.8. The van der Waals surface area contributed by atoms with E-state index in [-0.39, 0.29) is 0 Å². The van der Waals surface area contributed by atoms with Gasteiger partial charge in [0.25, 0.3) is 0 Å². The number of benzene rings is 1. The molecule has 21 heavy (non-hydrogen) atoms. The van der Waals surface area contributed by atoms with Crippen molar-refractivity contribution in [2.75, 3.05) is 20.1 Å². The van der Waals surface area contributed by atoms with E-state index in [1.54, 1.807) is 0 Å². The molecule has 1 aromatic rings. The molecule has 2 nitrogen and oxygen atoms in total. The molecule has 0 saturated heterocycles. The van der Waals surface area contributed by atoms with Gasteiger partial charge in [-0.05, 0) is 65.7 Å². The molecule has 0 bridgehead atoms. The number of nitrogens with one attached hydrogen (secondary N) is 1. The third kappa shape index (κ3) is 6.19. The number of hydrogen-bond acceptors (Lipinski definition) is 2. The minimum atomic E-state index is 0.468. The first-order valence-electron chi connectivity index (χ1n) is 8.49. The fourth-order valence-electron chi connectivity index (χ4n) is 2.78. The Morgan fingerprint density at radius 2 is 1.71 bits per heavy atom. The highest BCUT2D eigenvalue weighted by molar-refractivity contribution is 5.30. The van der Waals surface area contributed by atoms with Gasteiger partial charge in [0.15, 0.2) is 0 Å². The van der Waals surface area contributed by atoms with Crippen LogP contribution in [-0.4, -0.2) is 31.1 Å². The van der Waals surface area contributed by atoms with Crippen LogP contribution < -0.4 is 5.32 Å². The van der Waals surface area contributed by atoms with E-state index in [1.165, 1.54) is 36.0 Å². The van der Waals surface area contributed by atoms with Crippen molar-refractivity contribution >= 4 is 0 Å². The van der Waals surface area contributed by atoms with E-state index in [9.17, 15) is 0 Å². The molecule has 0 radical (unpaired) electrons. The molecule has 1 rings (SSSR count). The second-order valence-electron chi connectivity index (χ2n) is 6.45. The summed E-state index contributed by atoms with van der Waals surface area (Å²) in [6, 6.07) is 8.06. The summed E-state index contributed by atoms with van der Waals surface area (Å²) in [6.45, 7) is 13.4. The zero-order valence-corrected chi connectivity index (χ0v) is 14.9. The van der Waals surface area contributed by atoms with Gasteiger partial charge in [-0.25, -0.2) is 0 Å². The lowest BCUT2D eigenvalue weighted by atomic mass is 9.98. The molecule has 1 aromatic carbocycles. The SMILES string of the molecule is CCCNC(CCN(C)C(C)CC)c1cc(C)cc(C)c1. The summed E-state index contributed by atoms with van der Waals surface area (Å²) in [5.41, 5.74) is 4.17. The van der Waals surface area contributed by atoms with E-state index < -0.39 is 0 Å². The van der Waals surface area contributed by atoms with Crippen molar-refractivity contribution in [3.05, 3.63) is 34.9 Å². The van der Waals surface area contributed by atoms with Crippen LogP contribution in [0.3, 0.4) is 0 Å². The fourth-order valence-corrected chi connectivity index (χ4v) is 2.78. The molecule has 2 atom stereocenters. The highest BCUT2D eigenvalue weighted by Gasteiger charge is 2.14. The standard InChI is InChI=1S/C19H34N2/c1-7-10-20-19(9-11-21(6)17(5)8-2)18-13-15(3)12-16(4)14-18/h12-14,17,19-20H,7-11H2,1-6H3. The Labute approximate surface area is 131 Å². The van der Waals surface area contributed by atoms with E-state index in [4.69, 9.17) is 0 Å². The second-order valence-corrected chi connectivity index (χ2v) is 6.45. The summed E-state index contributed by atoms with van der Waals surface area (Å²) in [5, 5.41) is 3.73. The summed E-state index contributed by atoms with van der Waals surface area (Å²) in [5.74, 6) is 0. The topological polar surface area (TPSA) is 15.3 Å². The number of aryl methyl sites for hydroxylation is 2. The van der Waals surface area contributed by atoms with Crippen LogP contribution in [0, 0.1) is 13.8 Å². The van der Waals surface area contributed by atoms with Crippen LogP contribution in [0.2, 0.25) is 0 Å². The Kier molecular flexibility index (Phi) is 7.98.